The lowest BCUT2D eigenvalue weighted by Crippen LogP contribution is -2.44. The quantitative estimate of drug-likeness (QED) is 0.131. The molecule has 0 radical (unpaired) electrons. The van der Waals surface area contributed by atoms with Gasteiger partial charge >= 0.3 is 5.97 Å². The van der Waals surface area contributed by atoms with Crippen LogP contribution in [0.4, 0.5) is 5.69 Å². The maximum Gasteiger partial charge on any atom is 0.330 e. The Labute approximate surface area is 278 Å². The number of aromatic amines is 1. The molecule has 0 saturated heterocycles. The molecule has 2 aliphatic carbocycles. The van der Waals surface area contributed by atoms with Gasteiger partial charge in [-0.2, -0.15) is 0 Å². The van der Waals surface area contributed by atoms with Crippen LogP contribution in [0.15, 0.2) is 66.7 Å². The number of benzene rings is 3. The lowest BCUT2D eigenvalue weighted by molar-refractivity contribution is -0.134. The normalized spacial score (nSPS) is 17.6. The highest BCUT2D eigenvalue weighted by Crippen LogP contribution is 2.47. The summed E-state index contributed by atoms with van der Waals surface area (Å²) >= 11 is 0. The van der Waals surface area contributed by atoms with Crippen LogP contribution >= 0.6 is 0 Å². The highest BCUT2D eigenvalue weighted by atomic mass is 16.5. The first-order valence-corrected chi connectivity index (χ1v) is 17.1. The highest BCUT2D eigenvalue weighted by molar-refractivity contribution is 6.05. The van der Waals surface area contributed by atoms with E-state index in [4.69, 9.17) is 9.72 Å². The molecule has 48 heavy (non-hydrogen) atoms. The predicted octanol–water partition coefficient (Wildman–Crippen LogP) is 7.57. The number of anilines is 1. The molecule has 2 aromatic heterocycles. The molecule has 3 aromatic carbocycles. The van der Waals surface area contributed by atoms with Crippen molar-refractivity contribution in [2.75, 3.05) is 12.4 Å². The van der Waals surface area contributed by atoms with Crippen LogP contribution in [0.25, 0.3) is 39.3 Å². The monoisotopic (exact) mass is 641 g/mol. The molecule has 244 valence electrons. The lowest BCUT2D eigenvalue weighted by Gasteiger charge is -2.28. The molecule has 2 saturated carbocycles. The maximum absolute atomic E-state index is 14.2. The summed E-state index contributed by atoms with van der Waals surface area (Å²) in [4.78, 5) is 47.4. The zero-order valence-electron chi connectivity index (χ0n) is 27.1. The fraction of sp³-hybridized carbons (Fsp3) is 0.333. The summed E-state index contributed by atoms with van der Waals surface area (Å²) in [6.07, 6.45) is 12.5. The van der Waals surface area contributed by atoms with Crippen LogP contribution in [0.3, 0.4) is 0 Å². The summed E-state index contributed by atoms with van der Waals surface area (Å²) in [5.74, 6) is 0.502. The Bertz CT molecular complexity index is 2110. The Morgan fingerprint density at radius 2 is 1.81 bits per heavy atom. The number of esters is 1. The number of nitrogens with one attached hydrogen (secondary N) is 3. The Hall–Kier alpha value is -5.18. The Morgan fingerprint density at radius 3 is 2.62 bits per heavy atom. The third-order valence-electron chi connectivity index (χ3n) is 10.5. The number of fused-ring (bicyclic) bond motifs is 6. The number of methoxy groups -OCH3 is 1. The molecule has 0 unspecified atom stereocenters. The number of H-pyrrole nitrogens is 1. The topological polar surface area (TPSA) is 118 Å². The lowest BCUT2D eigenvalue weighted by atomic mass is 9.81. The second kappa shape index (κ2) is 12.1. The van der Waals surface area contributed by atoms with Gasteiger partial charge in [-0.15, -0.1) is 0 Å². The van der Waals surface area contributed by atoms with Crippen molar-refractivity contribution in [2.24, 2.45) is 0 Å². The first kappa shape index (κ1) is 30.2. The number of hydrogen-bond donors (Lipinski definition) is 3. The number of hydrogen-bond acceptors (Lipinski definition) is 5. The first-order valence-electron chi connectivity index (χ1n) is 17.1. The van der Waals surface area contributed by atoms with Crippen molar-refractivity contribution in [1.82, 2.24) is 19.9 Å². The number of rotatable bonds is 6. The third kappa shape index (κ3) is 5.27. The van der Waals surface area contributed by atoms with E-state index >= 15 is 0 Å². The van der Waals surface area contributed by atoms with E-state index < -0.39 is 11.5 Å². The third-order valence-corrected chi connectivity index (χ3v) is 10.5. The van der Waals surface area contributed by atoms with Crippen LogP contribution in [-0.2, 0) is 26.4 Å². The van der Waals surface area contributed by atoms with Crippen LogP contribution in [0.2, 0.25) is 0 Å². The van der Waals surface area contributed by atoms with E-state index in [-0.39, 0.29) is 18.4 Å². The second-order valence-electron chi connectivity index (χ2n) is 13.5. The van der Waals surface area contributed by atoms with Crippen LogP contribution in [0.1, 0.15) is 91.0 Å². The minimum atomic E-state index is -0.630. The summed E-state index contributed by atoms with van der Waals surface area (Å²) in [5, 5.41) is 7.65. The van der Waals surface area contributed by atoms with Crippen LogP contribution in [-0.4, -0.2) is 39.4 Å². The molecule has 3 aliphatic rings. The average molecular weight is 642 g/mol. The molecular formula is C39H39N5O4. The number of imidazole rings is 1. The van der Waals surface area contributed by atoms with Crippen molar-refractivity contribution in [3.8, 4) is 11.3 Å². The van der Waals surface area contributed by atoms with Crippen molar-refractivity contribution >= 4 is 51.5 Å². The first-order chi connectivity index (χ1) is 23.4. The average Bonchev–Trinajstić information content (AvgIpc) is 3.82. The molecular weight excluding hydrogens is 602 g/mol. The fourth-order valence-corrected chi connectivity index (χ4v) is 8.18. The molecule has 9 nitrogen and oxygen atoms in total. The van der Waals surface area contributed by atoms with Gasteiger partial charge in [0.2, 0.25) is 5.91 Å². The molecule has 3 heterocycles. The predicted molar refractivity (Wildman–Crippen MR) is 187 cm³/mol. The Kier molecular flexibility index (Phi) is 7.62. The summed E-state index contributed by atoms with van der Waals surface area (Å²) in [7, 11) is 1.35. The van der Waals surface area contributed by atoms with Gasteiger partial charge in [0.25, 0.3) is 5.91 Å². The number of ether oxygens (including phenoxy) is 1. The van der Waals surface area contributed by atoms with E-state index in [1.165, 1.54) is 38.0 Å². The van der Waals surface area contributed by atoms with Crippen LogP contribution in [0.5, 0.6) is 0 Å². The molecule has 1 aliphatic heterocycles. The van der Waals surface area contributed by atoms with E-state index in [2.05, 4.69) is 32.3 Å². The number of amides is 2. The Morgan fingerprint density at radius 1 is 1.00 bits per heavy atom. The number of carbonyl (C=O) groups is 3. The summed E-state index contributed by atoms with van der Waals surface area (Å²) in [5.41, 5.74) is 7.58. The van der Waals surface area contributed by atoms with E-state index in [9.17, 15) is 14.4 Å². The van der Waals surface area contributed by atoms with Gasteiger partial charge in [-0.25, -0.2) is 9.78 Å². The van der Waals surface area contributed by atoms with Crippen LogP contribution < -0.4 is 10.6 Å². The van der Waals surface area contributed by atoms with Gasteiger partial charge in [0.1, 0.15) is 12.4 Å². The molecule has 9 heteroatoms. The van der Waals surface area contributed by atoms with E-state index in [1.54, 1.807) is 6.08 Å². The summed E-state index contributed by atoms with van der Waals surface area (Å²) < 4.78 is 6.85. The van der Waals surface area contributed by atoms with E-state index in [0.29, 0.717) is 11.5 Å². The van der Waals surface area contributed by atoms with Gasteiger partial charge in [-0.05, 0) is 79.1 Å². The van der Waals surface area contributed by atoms with Crippen molar-refractivity contribution in [3.63, 3.8) is 0 Å². The maximum atomic E-state index is 14.2. The fourth-order valence-electron chi connectivity index (χ4n) is 8.18. The van der Waals surface area contributed by atoms with Gasteiger partial charge in [0, 0.05) is 22.6 Å². The molecule has 2 amide bonds. The van der Waals surface area contributed by atoms with E-state index in [0.717, 1.165) is 88.8 Å². The van der Waals surface area contributed by atoms with Crippen LogP contribution in [0, 0.1) is 0 Å². The zero-order chi connectivity index (χ0) is 32.8. The molecule has 0 atom stereocenters. The van der Waals surface area contributed by atoms with Gasteiger partial charge in [-0.3, -0.25) is 9.59 Å². The summed E-state index contributed by atoms with van der Waals surface area (Å²) in [6, 6.07) is 19.9. The molecule has 8 rings (SSSR count). The molecule has 2 fully saturated rings. The minimum Gasteiger partial charge on any atom is -0.466 e. The second-order valence-corrected chi connectivity index (χ2v) is 13.5. The number of para-hydroxylation sites is 1. The van der Waals surface area contributed by atoms with Crippen molar-refractivity contribution < 1.29 is 19.1 Å². The number of nitrogens with zero attached hydrogens (tertiary/aromatic N) is 2. The highest BCUT2D eigenvalue weighted by Gasteiger charge is 2.40. The number of carbonyl (C=O) groups excluding carboxylic acids is 3. The van der Waals surface area contributed by atoms with Crippen molar-refractivity contribution in [1.29, 1.82) is 0 Å². The molecule has 0 bridgehead atoms. The molecule has 3 N–H and O–H groups in total. The Balaban J connectivity index is 1.17. The van der Waals surface area contributed by atoms with Gasteiger partial charge < -0.3 is 24.9 Å². The zero-order valence-corrected chi connectivity index (χ0v) is 27.1. The van der Waals surface area contributed by atoms with Gasteiger partial charge in [0.15, 0.2) is 0 Å². The standard InChI is InChI=1S/C39H39N5O4/c1-48-34(46)18-14-24-13-17-30-31(21-24)42-38(41-30)39(19-7-8-20-39)43-37(47)26-15-16-28-32(22-26)44-23-33(45)40-29-12-6-5-11-27(29)36(44)35(28)25-9-3-2-4-10-25/h5-6,11-18,21-22,25H,2-4,7-10,19-20,23H2,1H3,(H,40,45)(H,41,42)(H,43,47)/b18-14+. The molecule has 0 spiro atoms. The number of aromatic nitrogens is 3. The largest absolute Gasteiger partial charge is 0.466 e. The van der Waals surface area contributed by atoms with Gasteiger partial charge in [0.05, 0.1) is 40.6 Å². The summed E-state index contributed by atoms with van der Waals surface area (Å²) in [6.45, 7) is 0.192. The SMILES string of the molecule is COC(=O)/C=C/c1ccc2[nH]c(C3(NC(=O)c4ccc5c(C6CCCCC6)c6n(c5c4)CC(=O)Nc4ccccc4-6)CCCC3)nc2c1. The van der Waals surface area contributed by atoms with Gasteiger partial charge in [-0.1, -0.05) is 62.4 Å². The smallest absolute Gasteiger partial charge is 0.330 e. The molecule has 5 aromatic rings. The van der Waals surface area contributed by atoms with E-state index in [1.807, 2.05) is 48.5 Å². The minimum absolute atomic E-state index is 0.0677. The van der Waals surface area contributed by atoms with Crippen molar-refractivity contribution in [3.05, 3.63) is 89.3 Å². The van der Waals surface area contributed by atoms with Crippen molar-refractivity contribution in [2.45, 2.75) is 75.8 Å².